The molecular formula is C19H22BrN5OS. The van der Waals surface area contributed by atoms with Crippen LogP contribution < -0.4 is 4.74 Å². The Bertz CT molecular complexity index is 877. The van der Waals surface area contributed by atoms with Gasteiger partial charge in [0, 0.05) is 15.3 Å². The van der Waals surface area contributed by atoms with Gasteiger partial charge in [-0.3, -0.25) is 4.99 Å². The molecule has 0 radical (unpaired) electrons. The normalized spacial score (nSPS) is 26.1. The molecule has 142 valence electrons. The van der Waals surface area contributed by atoms with E-state index in [0.717, 1.165) is 60.0 Å². The van der Waals surface area contributed by atoms with Crippen LogP contribution in [-0.4, -0.2) is 56.7 Å². The Hall–Kier alpha value is -1.38. The van der Waals surface area contributed by atoms with Crippen molar-refractivity contribution in [1.29, 1.82) is 0 Å². The second-order valence-corrected chi connectivity index (χ2v) is 9.56. The van der Waals surface area contributed by atoms with E-state index in [1.165, 1.54) is 5.56 Å². The Labute approximate surface area is 171 Å². The fraction of sp³-hybridized carbons (Fsp3) is 0.526. The van der Waals surface area contributed by atoms with Crippen molar-refractivity contribution in [3.63, 3.8) is 0 Å². The molecule has 0 aliphatic carbocycles. The Kier molecular flexibility index (Phi) is 4.73. The summed E-state index contributed by atoms with van der Waals surface area (Å²) in [7, 11) is 2.18. The topological polar surface area (TPSA) is 55.5 Å². The predicted molar refractivity (Wildman–Crippen MR) is 111 cm³/mol. The van der Waals surface area contributed by atoms with Crippen LogP contribution in [0.1, 0.15) is 42.7 Å². The SMILES string of the molecule is CN1CCC(n2ncnc2C2=NC3c4ccc(Br)cc4OCCC3S2)CC1. The van der Waals surface area contributed by atoms with Gasteiger partial charge in [0.1, 0.15) is 17.1 Å². The number of likely N-dealkylation sites (tertiary alicyclic amines) is 1. The van der Waals surface area contributed by atoms with Crippen LogP contribution in [0, 0.1) is 0 Å². The maximum atomic E-state index is 5.97. The second-order valence-electron chi connectivity index (χ2n) is 7.42. The summed E-state index contributed by atoms with van der Waals surface area (Å²) in [5, 5.41) is 5.98. The lowest BCUT2D eigenvalue weighted by Gasteiger charge is -2.29. The van der Waals surface area contributed by atoms with Crippen LogP contribution in [0.3, 0.4) is 0 Å². The third kappa shape index (κ3) is 3.32. The fourth-order valence-corrected chi connectivity index (χ4v) is 5.72. The van der Waals surface area contributed by atoms with Gasteiger partial charge in [-0.1, -0.05) is 33.8 Å². The first-order valence-electron chi connectivity index (χ1n) is 9.44. The molecule has 1 aromatic heterocycles. The lowest BCUT2D eigenvalue weighted by Crippen LogP contribution is -2.32. The minimum atomic E-state index is 0.123. The molecule has 6 nitrogen and oxygen atoms in total. The zero-order chi connectivity index (χ0) is 18.4. The third-order valence-corrected chi connectivity index (χ3v) is 7.42. The minimum Gasteiger partial charge on any atom is -0.493 e. The number of fused-ring (bicyclic) bond motifs is 3. The van der Waals surface area contributed by atoms with Gasteiger partial charge in [0.05, 0.1) is 18.7 Å². The van der Waals surface area contributed by atoms with E-state index < -0.39 is 0 Å². The van der Waals surface area contributed by atoms with E-state index >= 15 is 0 Å². The summed E-state index contributed by atoms with van der Waals surface area (Å²) in [5.41, 5.74) is 1.17. The number of ether oxygens (including phenoxy) is 1. The molecule has 2 atom stereocenters. The number of piperidine rings is 1. The van der Waals surface area contributed by atoms with Crippen molar-refractivity contribution in [2.24, 2.45) is 4.99 Å². The standard InChI is InChI=1S/C19H22BrN5OS/c1-24-7-4-13(5-8-24)25-18(21-11-22-25)19-23-17-14-3-2-12(20)10-15(14)26-9-6-16(17)27-19/h2-3,10-11,13,16-17H,4-9H2,1H3. The average Bonchev–Trinajstić information content (AvgIpc) is 3.27. The van der Waals surface area contributed by atoms with Crippen LogP contribution in [0.15, 0.2) is 34.0 Å². The summed E-state index contributed by atoms with van der Waals surface area (Å²) in [5.74, 6) is 1.88. The average molecular weight is 448 g/mol. The molecule has 3 aliphatic rings. The maximum absolute atomic E-state index is 5.97. The van der Waals surface area contributed by atoms with Crippen molar-refractivity contribution < 1.29 is 4.74 Å². The Morgan fingerprint density at radius 2 is 2.07 bits per heavy atom. The maximum Gasteiger partial charge on any atom is 0.183 e. The van der Waals surface area contributed by atoms with Gasteiger partial charge in [-0.05, 0) is 51.5 Å². The number of thioether (sulfide) groups is 1. The van der Waals surface area contributed by atoms with E-state index in [-0.39, 0.29) is 6.04 Å². The Balaban J connectivity index is 1.47. The van der Waals surface area contributed by atoms with E-state index in [1.807, 2.05) is 11.8 Å². The Morgan fingerprint density at radius 1 is 1.22 bits per heavy atom. The predicted octanol–water partition coefficient (Wildman–Crippen LogP) is 3.69. The van der Waals surface area contributed by atoms with E-state index in [2.05, 4.69) is 60.8 Å². The van der Waals surface area contributed by atoms with Gasteiger partial charge >= 0.3 is 0 Å². The van der Waals surface area contributed by atoms with Crippen molar-refractivity contribution in [2.75, 3.05) is 26.7 Å². The number of halogens is 1. The first-order valence-corrected chi connectivity index (χ1v) is 11.1. The molecule has 4 heterocycles. The highest BCUT2D eigenvalue weighted by Crippen LogP contribution is 2.46. The molecule has 5 rings (SSSR count). The highest BCUT2D eigenvalue weighted by atomic mass is 79.9. The molecule has 0 saturated carbocycles. The zero-order valence-electron chi connectivity index (χ0n) is 15.2. The van der Waals surface area contributed by atoms with Crippen molar-refractivity contribution in [3.8, 4) is 5.75 Å². The smallest absolute Gasteiger partial charge is 0.183 e. The van der Waals surface area contributed by atoms with Gasteiger partial charge in [0.2, 0.25) is 0 Å². The van der Waals surface area contributed by atoms with Crippen LogP contribution in [0.4, 0.5) is 0 Å². The zero-order valence-corrected chi connectivity index (χ0v) is 17.6. The molecule has 27 heavy (non-hydrogen) atoms. The van der Waals surface area contributed by atoms with Gasteiger partial charge < -0.3 is 9.64 Å². The van der Waals surface area contributed by atoms with Crippen LogP contribution in [0.25, 0.3) is 0 Å². The summed E-state index contributed by atoms with van der Waals surface area (Å²) in [6, 6.07) is 6.80. The van der Waals surface area contributed by atoms with Gasteiger partial charge in [0.15, 0.2) is 5.82 Å². The van der Waals surface area contributed by atoms with Crippen LogP contribution >= 0.6 is 27.7 Å². The first-order chi connectivity index (χ1) is 13.2. The van der Waals surface area contributed by atoms with E-state index in [0.29, 0.717) is 11.3 Å². The van der Waals surface area contributed by atoms with E-state index in [4.69, 9.17) is 9.73 Å². The number of nitrogens with zero attached hydrogens (tertiary/aromatic N) is 5. The van der Waals surface area contributed by atoms with E-state index in [1.54, 1.807) is 6.33 Å². The van der Waals surface area contributed by atoms with Crippen molar-refractivity contribution in [3.05, 3.63) is 40.4 Å². The summed E-state index contributed by atoms with van der Waals surface area (Å²) in [4.78, 5) is 12.1. The van der Waals surface area contributed by atoms with Gasteiger partial charge in [0.25, 0.3) is 0 Å². The molecule has 8 heteroatoms. The molecule has 0 N–H and O–H groups in total. The summed E-state index contributed by atoms with van der Waals surface area (Å²) < 4.78 is 9.12. The summed E-state index contributed by atoms with van der Waals surface area (Å²) in [6.45, 7) is 2.94. The molecule has 1 saturated heterocycles. The molecule has 3 aliphatic heterocycles. The molecule has 2 unspecified atom stereocenters. The molecule has 0 bridgehead atoms. The number of aromatic nitrogens is 3. The minimum absolute atomic E-state index is 0.123. The monoisotopic (exact) mass is 447 g/mol. The quantitative estimate of drug-likeness (QED) is 0.702. The first kappa shape index (κ1) is 17.7. The Morgan fingerprint density at radius 3 is 2.93 bits per heavy atom. The number of hydrogen-bond acceptors (Lipinski definition) is 6. The van der Waals surface area contributed by atoms with E-state index in [9.17, 15) is 0 Å². The van der Waals surface area contributed by atoms with Crippen molar-refractivity contribution in [1.82, 2.24) is 19.7 Å². The van der Waals surface area contributed by atoms with Gasteiger partial charge in [-0.15, -0.1) is 0 Å². The highest BCUT2D eigenvalue weighted by molar-refractivity contribution is 9.10. The highest BCUT2D eigenvalue weighted by Gasteiger charge is 2.37. The lowest BCUT2D eigenvalue weighted by molar-refractivity contribution is 0.211. The number of rotatable bonds is 2. The molecule has 0 amide bonds. The molecular weight excluding hydrogens is 426 g/mol. The largest absolute Gasteiger partial charge is 0.493 e. The molecule has 1 aromatic carbocycles. The van der Waals surface area contributed by atoms with Crippen LogP contribution in [0.2, 0.25) is 0 Å². The summed E-state index contributed by atoms with van der Waals surface area (Å²) in [6.07, 6.45) is 4.89. The molecule has 1 fully saturated rings. The van der Waals surface area contributed by atoms with Crippen molar-refractivity contribution >= 4 is 32.7 Å². The molecule has 2 aromatic rings. The summed E-state index contributed by atoms with van der Waals surface area (Å²) >= 11 is 5.38. The second kappa shape index (κ2) is 7.22. The van der Waals surface area contributed by atoms with Gasteiger partial charge in [-0.2, -0.15) is 5.10 Å². The van der Waals surface area contributed by atoms with Crippen molar-refractivity contribution in [2.45, 2.75) is 36.6 Å². The van der Waals surface area contributed by atoms with Crippen LogP contribution in [-0.2, 0) is 0 Å². The van der Waals surface area contributed by atoms with Crippen LogP contribution in [0.5, 0.6) is 5.75 Å². The number of hydrogen-bond donors (Lipinski definition) is 0. The number of aliphatic imine (C=N–C) groups is 1. The third-order valence-electron chi connectivity index (χ3n) is 5.62. The lowest BCUT2D eigenvalue weighted by atomic mass is 10.0. The fourth-order valence-electron chi connectivity index (χ4n) is 4.12. The van der Waals surface area contributed by atoms with Gasteiger partial charge in [-0.25, -0.2) is 9.67 Å². The number of benzene rings is 1. The molecule has 0 spiro atoms.